The van der Waals surface area contributed by atoms with Crippen molar-refractivity contribution in [1.82, 2.24) is 10.1 Å². The highest BCUT2D eigenvalue weighted by molar-refractivity contribution is 6.12. The smallest absolute Gasteiger partial charge is 0.259 e. The Morgan fingerprint density at radius 2 is 2.04 bits per heavy atom. The van der Waals surface area contributed by atoms with Crippen molar-refractivity contribution < 1.29 is 14.1 Å². The Balaban J connectivity index is 1.73. The summed E-state index contributed by atoms with van der Waals surface area (Å²) in [5, 5.41) is 7.43. The highest BCUT2D eigenvalue weighted by atomic mass is 16.5. The van der Waals surface area contributed by atoms with E-state index < -0.39 is 0 Å². The summed E-state index contributed by atoms with van der Waals surface area (Å²) in [6.07, 6.45) is 2.15. The quantitative estimate of drug-likeness (QED) is 0.732. The van der Waals surface area contributed by atoms with Crippen LogP contribution in [-0.4, -0.2) is 21.8 Å². The molecule has 6 heteroatoms. The van der Waals surface area contributed by atoms with Gasteiger partial charge in [-0.3, -0.25) is 9.59 Å². The molecule has 0 saturated heterocycles. The molecule has 1 N–H and O–H groups in total. The number of anilines is 1. The minimum Gasteiger partial charge on any atom is -0.336 e. The van der Waals surface area contributed by atoms with Crippen LogP contribution in [0.3, 0.4) is 0 Å². The lowest BCUT2D eigenvalue weighted by atomic mass is 10.1. The summed E-state index contributed by atoms with van der Waals surface area (Å²) in [5.74, 6) is 0.0806. The number of nitrogens with one attached hydrogen (secondary N) is 1. The molecule has 0 aliphatic heterocycles. The standard InChI is InChI=1S/C19H17N3O3/c1-10-17-15(9-16(12-6-7-12)21-19(17)25-22-10)18(24)20-14-5-3-4-13(8-14)11(2)23/h3-5,8-9,12H,6-7H2,1-2H3,(H,20,24). The molecular weight excluding hydrogens is 318 g/mol. The van der Waals surface area contributed by atoms with Gasteiger partial charge in [0.15, 0.2) is 5.78 Å². The highest BCUT2D eigenvalue weighted by Gasteiger charge is 2.28. The Morgan fingerprint density at radius 3 is 2.76 bits per heavy atom. The van der Waals surface area contributed by atoms with Crippen molar-refractivity contribution in [2.45, 2.75) is 32.6 Å². The zero-order valence-corrected chi connectivity index (χ0v) is 14.0. The normalized spacial score (nSPS) is 13.8. The maximum absolute atomic E-state index is 12.9. The van der Waals surface area contributed by atoms with Gasteiger partial charge in [-0.2, -0.15) is 0 Å². The number of rotatable bonds is 4. The van der Waals surface area contributed by atoms with E-state index in [1.807, 2.05) is 6.07 Å². The van der Waals surface area contributed by atoms with Gasteiger partial charge in [-0.25, -0.2) is 4.98 Å². The van der Waals surface area contributed by atoms with Crippen molar-refractivity contribution >= 4 is 28.5 Å². The third-order valence-electron chi connectivity index (χ3n) is 4.40. The van der Waals surface area contributed by atoms with E-state index in [0.29, 0.717) is 39.5 Å². The molecule has 0 bridgehead atoms. The third-order valence-corrected chi connectivity index (χ3v) is 4.40. The van der Waals surface area contributed by atoms with Gasteiger partial charge >= 0.3 is 0 Å². The Hall–Kier alpha value is -3.02. The van der Waals surface area contributed by atoms with E-state index in [4.69, 9.17) is 4.52 Å². The first kappa shape index (κ1) is 15.5. The molecule has 1 fully saturated rings. The number of carbonyl (C=O) groups is 2. The number of fused-ring (bicyclic) bond motifs is 1. The van der Waals surface area contributed by atoms with Crippen LogP contribution in [0.5, 0.6) is 0 Å². The summed E-state index contributed by atoms with van der Waals surface area (Å²) >= 11 is 0. The number of Topliss-reactive ketones (excluding diaryl/α,β-unsaturated/α-hetero) is 1. The topological polar surface area (TPSA) is 85.1 Å². The number of aryl methyl sites for hydroxylation is 1. The maximum atomic E-state index is 12.9. The van der Waals surface area contributed by atoms with Crippen molar-refractivity contribution in [3.05, 3.63) is 52.8 Å². The first-order valence-corrected chi connectivity index (χ1v) is 8.22. The average molecular weight is 335 g/mol. The molecule has 6 nitrogen and oxygen atoms in total. The van der Waals surface area contributed by atoms with Crippen LogP contribution < -0.4 is 5.32 Å². The lowest BCUT2D eigenvalue weighted by molar-refractivity contribution is 0.101. The summed E-state index contributed by atoms with van der Waals surface area (Å²) < 4.78 is 5.27. The number of nitrogens with zero attached hydrogens (tertiary/aromatic N) is 2. The van der Waals surface area contributed by atoms with Crippen molar-refractivity contribution in [2.75, 3.05) is 5.32 Å². The maximum Gasteiger partial charge on any atom is 0.259 e. The lowest BCUT2D eigenvalue weighted by Gasteiger charge is -2.08. The molecule has 25 heavy (non-hydrogen) atoms. The number of amides is 1. The third kappa shape index (κ3) is 2.91. The van der Waals surface area contributed by atoms with Gasteiger partial charge in [0.1, 0.15) is 0 Å². The van der Waals surface area contributed by atoms with Crippen molar-refractivity contribution in [1.29, 1.82) is 0 Å². The molecule has 0 spiro atoms. The highest BCUT2D eigenvalue weighted by Crippen LogP contribution is 2.40. The van der Waals surface area contributed by atoms with Gasteiger partial charge in [0.05, 0.1) is 16.6 Å². The van der Waals surface area contributed by atoms with E-state index >= 15 is 0 Å². The van der Waals surface area contributed by atoms with Crippen LogP contribution in [0.25, 0.3) is 11.1 Å². The second-order valence-electron chi connectivity index (χ2n) is 6.41. The summed E-state index contributed by atoms with van der Waals surface area (Å²) in [7, 11) is 0. The fraction of sp³-hybridized carbons (Fsp3) is 0.263. The van der Waals surface area contributed by atoms with Gasteiger partial charge in [-0.1, -0.05) is 17.3 Å². The Kier molecular flexibility index (Phi) is 3.60. The molecule has 4 rings (SSSR count). The van der Waals surface area contributed by atoms with Crippen LogP contribution in [-0.2, 0) is 0 Å². The van der Waals surface area contributed by atoms with Crippen LogP contribution in [0.2, 0.25) is 0 Å². The molecular formula is C19H17N3O3. The van der Waals surface area contributed by atoms with Crippen LogP contribution in [0.15, 0.2) is 34.9 Å². The number of benzene rings is 1. The molecule has 0 unspecified atom stereocenters. The van der Waals surface area contributed by atoms with Gasteiger partial charge < -0.3 is 9.84 Å². The van der Waals surface area contributed by atoms with Crippen molar-refractivity contribution in [2.24, 2.45) is 0 Å². The van der Waals surface area contributed by atoms with Crippen molar-refractivity contribution in [3.63, 3.8) is 0 Å². The van der Waals surface area contributed by atoms with Crippen LogP contribution in [0.4, 0.5) is 5.69 Å². The van der Waals surface area contributed by atoms with Crippen LogP contribution >= 0.6 is 0 Å². The Bertz CT molecular complexity index is 1000. The van der Waals surface area contributed by atoms with E-state index in [9.17, 15) is 9.59 Å². The van der Waals surface area contributed by atoms with Crippen LogP contribution in [0.1, 0.15) is 57.8 Å². The Morgan fingerprint density at radius 1 is 1.24 bits per heavy atom. The number of pyridine rings is 1. The van der Waals surface area contributed by atoms with Crippen molar-refractivity contribution in [3.8, 4) is 0 Å². The molecule has 1 aliphatic carbocycles. The summed E-state index contributed by atoms with van der Waals surface area (Å²) in [5.41, 5.74) is 3.52. The summed E-state index contributed by atoms with van der Waals surface area (Å²) in [4.78, 5) is 28.9. The first-order chi connectivity index (χ1) is 12.0. The predicted molar refractivity (Wildman–Crippen MR) is 92.9 cm³/mol. The molecule has 1 saturated carbocycles. The van der Waals surface area contributed by atoms with Gasteiger partial charge in [0.25, 0.3) is 11.6 Å². The summed E-state index contributed by atoms with van der Waals surface area (Å²) in [6, 6.07) is 8.72. The first-order valence-electron chi connectivity index (χ1n) is 8.22. The molecule has 2 heterocycles. The number of aromatic nitrogens is 2. The van der Waals surface area contributed by atoms with E-state index in [2.05, 4.69) is 15.5 Å². The minimum absolute atomic E-state index is 0.0479. The number of hydrogen-bond donors (Lipinski definition) is 1. The predicted octanol–water partition coefficient (Wildman–Crippen LogP) is 3.86. The molecule has 1 amide bonds. The van der Waals surface area contributed by atoms with Gasteiger partial charge in [0.2, 0.25) is 0 Å². The molecule has 0 radical (unpaired) electrons. The summed E-state index contributed by atoms with van der Waals surface area (Å²) in [6.45, 7) is 3.28. The van der Waals surface area contributed by atoms with E-state index in [1.165, 1.54) is 6.92 Å². The molecule has 3 aromatic rings. The second-order valence-corrected chi connectivity index (χ2v) is 6.41. The molecule has 1 aromatic carbocycles. The largest absolute Gasteiger partial charge is 0.336 e. The van der Waals surface area contributed by atoms with Gasteiger partial charge in [0, 0.05) is 22.9 Å². The Labute approximate surface area is 144 Å². The number of hydrogen-bond acceptors (Lipinski definition) is 5. The van der Waals surface area contributed by atoms with Gasteiger partial charge in [-0.15, -0.1) is 0 Å². The lowest BCUT2D eigenvalue weighted by Crippen LogP contribution is -2.14. The molecule has 1 aliphatic rings. The fourth-order valence-electron chi connectivity index (χ4n) is 2.90. The van der Waals surface area contributed by atoms with E-state index in [0.717, 1.165) is 18.5 Å². The second kappa shape index (κ2) is 5.81. The molecule has 2 aromatic heterocycles. The number of carbonyl (C=O) groups excluding carboxylic acids is 2. The molecule has 0 atom stereocenters. The SMILES string of the molecule is CC(=O)c1cccc(NC(=O)c2cc(C3CC3)nc3onc(C)c23)c1. The van der Waals surface area contributed by atoms with E-state index in [-0.39, 0.29) is 11.7 Å². The zero-order valence-electron chi connectivity index (χ0n) is 14.0. The fourth-order valence-corrected chi connectivity index (χ4v) is 2.90. The van der Waals surface area contributed by atoms with Gasteiger partial charge in [-0.05, 0) is 44.9 Å². The zero-order chi connectivity index (χ0) is 17.6. The monoisotopic (exact) mass is 335 g/mol. The average Bonchev–Trinajstić information content (AvgIpc) is 3.38. The molecule has 126 valence electrons. The van der Waals surface area contributed by atoms with E-state index in [1.54, 1.807) is 31.2 Å². The number of ketones is 1. The minimum atomic E-state index is -0.263. The van der Waals surface area contributed by atoms with Crippen LogP contribution in [0, 0.1) is 6.92 Å².